The Bertz CT molecular complexity index is 1210. The molecule has 1 amide bonds. The molecule has 0 bridgehead atoms. The third-order valence-electron chi connectivity index (χ3n) is 5.52. The molecule has 31 heavy (non-hydrogen) atoms. The molecule has 0 aromatic heterocycles. The van der Waals surface area contributed by atoms with Crippen molar-refractivity contribution in [2.75, 3.05) is 4.90 Å². The standard InChI is InChI=1S/C25H19F2NO3/c1-14-3-4-17(13-15(14)2)23(29)21-22(16-5-7-18(26)8-6-16)28(25(31)24(21)30)20-11-9-19(27)10-12-20/h3-13,22,29H,1-2H3/b23-21-. The van der Waals surface area contributed by atoms with Crippen molar-refractivity contribution in [2.24, 2.45) is 0 Å². The first-order valence-electron chi connectivity index (χ1n) is 9.67. The van der Waals surface area contributed by atoms with Crippen LogP contribution in [0.4, 0.5) is 14.5 Å². The molecule has 3 aromatic carbocycles. The Morgan fingerprint density at radius 3 is 2.00 bits per heavy atom. The number of halogens is 2. The number of Topliss-reactive ketones (excluding diaryl/α,β-unsaturated/α-hetero) is 1. The van der Waals surface area contributed by atoms with E-state index >= 15 is 0 Å². The average molecular weight is 419 g/mol. The smallest absolute Gasteiger partial charge is 0.300 e. The van der Waals surface area contributed by atoms with Crippen LogP contribution in [0.15, 0.2) is 72.3 Å². The highest BCUT2D eigenvalue weighted by atomic mass is 19.1. The number of rotatable bonds is 3. The number of amides is 1. The molecule has 3 aromatic rings. The summed E-state index contributed by atoms with van der Waals surface area (Å²) >= 11 is 0. The Morgan fingerprint density at radius 2 is 1.42 bits per heavy atom. The molecule has 1 atom stereocenters. The number of benzene rings is 3. The Balaban J connectivity index is 1.94. The Morgan fingerprint density at radius 1 is 0.839 bits per heavy atom. The van der Waals surface area contributed by atoms with E-state index in [0.717, 1.165) is 11.1 Å². The maximum absolute atomic E-state index is 13.5. The summed E-state index contributed by atoms with van der Waals surface area (Å²) in [7, 11) is 0. The van der Waals surface area contributed by atoms with Crippen molar-refractivity contribution in [2.45, 2.75) is 19.9 Å². The molecule has 1 N–H and O–H groups in total. The van der Waals surface area contributed by atoms with Crippen LogP contribution in [0, 0.1) is 25.5 Å². The van der Waals surface area contributed by atoms with Gasteiger partial charge in [-0.25, -0.2) is 8.78 Å². The number of nitrogens with zero attached hydrogens (tertiary/aromatic N) is 1. The molecule has 1 saturated heterocycles. The Hall–Kier alpha value is -3.80. The summed E-state index contributed by atoms with van der Waals surface area (Å²) < 4.78 is 27.0. The Kier molecular flexibility index (Phi) is 5.15. The number of carbonyl (C=O) groups is 2. The van der Waals surface area contributed by atoms with Crippen molar-refractivity contribution >= 4 is 23.1 Å². The predicted octanol–water partition coefficient (Wildman–Crippen LogP) is 5.21. The number of carbonyl (C=O) groups excluding carboxylic acids is 2. The Labute approximate surface area is 178 Å². The van der Waals surface area contributed by atoms with Gasteiger partial charge in [0.1, 0.15) is 17.4 Å². The third kappa shape index (κ3) is 3.61. The van der Waals surface area contributed by atoms with Gasteiger partial charge >= 0.3 is 0 Å². The fraction of sp³-hybridized carbons (Fsp3) is 0.120. The molecule has 6 heteroatoms. The van der Waals surface area contributed by atoms with Crippen molar-refractivity contribution in [1.82, 2.24) is 0 Å². The second-order valence-corrected chi connectivity index (χ2v) is 7.50. The zero-order valence-electron chi connectivity index (χ0n) is 16.9. The van der Waals surface area contributed by atoms with Crippen LogP contribution in [-0.2, 0) is 9.59 Å². The molecule has 4 rings (SSSR count). The van der Waals surface area contributed by atoms with Gasteiger partial charge < -0.3 is 5.11 Å². The molecular weight excluding hydrogens is 400 g/mol. The number of aliphatic hydroxyl groups excluding tert-OH is 1. The maximum atomic E-state index is 13.5. The van der Waals surface area contributed by atoms with Crippen LogP contribution >= 0.6 is 0 Å². The molecule has 4 nitrogen and oxygen atoms in total. The molecule has 1 aliphatic rings. The van der Waals surface area contributed by atoms with E-state index in [9.17, 15) is 23.5 Å². The normalized spacial score (nSPS) is 17.9. The highest BCUT2D eigenvalue weighted by Gasteiger charge is 2.47. The van der Waals surface area contributed by atoms with Gasteiger partial charge in [-0.2, -0.15) is 0 Å². The number of hydrogen-bond donors (Lipinski definition) is 1. The molecule has 0 saturated carbocycles. The monoisotopic (exact) mass is 419 g/mol. The zero-order valence-corrected chi connectivity index (χ0v) is 16.9. The lowest BCUT2D eigenvalue weighted by molar-refractivity contribution is -0.132. The summed E-state index contributed by atoms with van der Waals surface area (Å²) in [5.41, 5.74) is 2.94. The summed E-state index contributed by atoms with van der Waals surface area (Å²) in [5.74, 6) is -3.01. The van der Waals surface area contributed by atoms with Gasteiger partial charge in [0.25, 0.3) is 11.7 Å². The number of aliphatic hydroxyl groups is 1. The first-order chi connectivity index (χ1) is 14.8. The van der Waals surface area contributed by atoms with Crippen LogP contribution in [0.2, 0.25) is 0 Å². The molecule has 1 fully saturated rings. The predicted molar refractivity (Wildman–Crippen MR) is 113 cm³/mol. The van der Waals surface area contributed by atoms with E-state index in [2.05, 4.69) is 0 Å². The number of hydrogen-bond acceptors (Lipinski definition) is 3. The van der Waals surface area contributed by atoms with E-state index in [1.807, 2.05) is 19.9 Å². The highest BCUT2D eigenvalue weighted by molar-refractivity contribution is 6.51. The van der Waals surface area contributed by atoms with Crippen molar-refractivity contribution < 1.29 is 23.5 Å². The van der Waals surface area contributed by atoms with Gasteiger partial charge in [-0.05, 0) is 73.0 Å². The molecule has 1 aliphatic heterocycles. The molecule has 156 valence electrons. The van der Waals surface area contributed by atoms with Gasteiger partial charge in [-0.1, -0.05) is 24.3 Å². The maximum Gasteiger partial charge on any atom is 0.300 e. The zero-order chi connectivity index (χ0) is 22.3. The van der Waals surface area contributed by atoms with Gasteiger partial charge in [-0.3, -0.25) is 14.5 Å². The number of anilines is 1. The minimum Gasteiger partial charge on any atom is -0.507 e. The molecular formula is C25H19F2NO3. The summed E-state index contributed by atoms with van der Waals surface area (Å²) in [5, 5.41) is 11.1. The van der Waals surface area contributed by atoms with Gasteiger partial charge in [0.05, 0.1) is 11.6 Å². The summed E-state index contributed by atoms with van der Waals surface area (Å²) in [4.78, 5) is 27.2. The van der Waals surface area contributed by atoms with E-state index in [4.69, 9.17) is 0 Å². The second-order valence-electron chi connectivity index (χ2n) is 7.50. The molecule has 0 spiro atoms. The highest BCUT2D eigenvalue weighted by Crippen LogP contribution is 2.42. The van der Waals surface area contributed by atoms with Crippen molar-refractivity contribution in [3.8, 4) is 0 Å². The molecule has 0 aliphatic carbocycles. The van der Waals surface area contributed by atoms with Crippen LogP contribution in [0.1, 0.15) is 28.3 Å². The van der Waals surface area contributed by atoms with Crippen molar-refractivity contribution in [3.63, 3.8) is 0 Å². The SMILES string of the molecule is Cc1ccc(/C(O)=C2/C(=O)C(=O)N(c3ccc(F)cc3)C2c2ccc(F)cc2)cc1C. The van der Waals surface area contributed by atoms with E-state index in [-0.39, 0.29) is 17.0 Å². The quantitative estimate of drug-likeness (QED) is 0.360. The number of aryl methyl sites for hydroxylation is 2. The third-order valence-corrected chi connectivity index (χ3v) is 5.52. The first-order valence-corrected chi connectivity index (χ1v) is 9.67. The van der Waals surface area contributed by atoms with Crippen LogP contribution in [0.25, 0.3) is 5.76 Å². The van der Waals surface area contributed by atoms with E-state index in [1.165, 1.54) is 53.4 Å². The lowest BCUT2D eigenvalue weighted by atomic mass is 9.94. The van der Waals surface area contributed by atoms with Crippen LogP contribution in [0.3, 0.4) is 0 Å². The van der Waals surface area contributed by atoms with Gasteiger partial charge in [-0.15, -0.1) is 0 Å². The van der Waals surface area contributed by atoms with E-state index in [0.29, 0.717) is 11.1 Å². The van der Waals surface area contributed by atoms with Gasteiger partial charge in [0, 0.05) is 11.3 Å². The molecule has 1 unspecified atom stereocenters. The fourth-order valence-electron chi connectivity index (χ4n) is 3.71. The van der Waals surface area contributed by atoms with Crippen LogP contribution < -0.4 is 4.90 Å². The molecule has 0 radical (unpaired) electrons. The topological polar surface area (TPSA) is 57.6 Å². The average Bonchev–Trinajstić information content (AvgIpc) is 3.01. The first kappa shape index (κ1) is 20.5. The fourth-order valence-corrected chi connectivity index (χ4v) is 3.71. The van der Waals surface area contributed by atoms with Crippen molar-refractivity contribution in [3.05, 3.63) is 106 Å². The van der Waals surface area contributed by atoms with E-state index < -0.39 is 29.4 Å². The number of ketones is 1. The van der Waals surface area contributed by atoms with Gasteiger partial charge in [0.15, 0.2) is 0 Å². The summed E-state index contributed by atoms with van der Waals surface area (Å²) in [6.07, 6.45) is 0. The van der Waals surface area contributed by atoms with E-state index in [1.54, 1.807) is 12.1 Å². The largest absolute Gasteiger partial charge is 0.507 e. The van der Waals surface area contributed by atoms with Crippen LogP contribution in [0.5, 0.6) is 0 Å². The lowest BCUT2D eigenvalue weighted by Gasteiger charge is -2.25. The van der Waals surface area contributed by atoms with Crippen molar-refractivity contribution in [1.29, 1.82) is 0 Å². The summed E-state index contributed by atoms with van der Waals surface area (Å²) in [6.45, 7) is 3.80. The lowest BCUT2D eigenvalue weighted by Crippen LogP contribution is -2.29. The van der Waals surface area contributed by atoms with Crippen LogP contribution in [-0.4, -0.2) is 16.8 Å². The second kappa shape index (κ2) is 7.80. The minimum atomic E-state index is -0.993. The van der Waals surface area contributed by atoms with Gasteiger partial charge in [0.2, 0.25) is 0 Å². The summed E-state index contributed by atoms with van der Waals surface area (Å²) in [6, 6.07) is 14.7. The molecule has 1 heterocycles. The minimum absolute atomic E-state index is 0.107.